The van der Waals surface area contributed by atoms with Gasteiger partial charge in [0.15, 0.2) is 0 Å². The van der Waals surface area contributed by atoms with E-state index in [0.717, 1.165) is 18.4 Å². The number of aliphatic hydroxyl groups excluding tert-OH is 1. The first-order chi connectivity index (χ1) is 4.75. The topological polar surface area (TPSA) is 20.2 Å². The van der Waals surface area contributed by atoms with E-state index in [1.165, 1.54) is 12.8 Å². The van der Waals surface area contributed by atoms with Crippen molar-refractivity contribution in [2.45, 2.75) is 38.7 Å². The van der Waals surface area contributed by atoms with Crippen LogP contribution in [0, 0.1) is 5.92 Å². The third kappa shape index (κ3) is 1.40. The number of aliphatic hydroxyl groups is 1. The summed E-state index contributed by atoms with van der Waals surface area (Å²) >= 11 is 0. The van der Waals surface area contributed by atoms with Crippen molar-refractivity contribution in [2.75, 3.05) is 0 Å². The highest BCUT2D eigenvalue weighted by Gasteiger charge is 2.23. The molecule has 0 aromatic heterocycles. The minimum atomic E-state index is -0.209. The van der Waals surface area contributed by atoms with Crippen molar-refractivity contribution in [1.82, 2.24) is 0 Å². The van der Waals surface area contributed by atoms with Crippen LogP contribution in [0.25, 0.3) is 0 Å². The van der Waals surface area contributed by atoms with Crippen LogP contribution < -0.4 is 0 Å². The van der Waals surface area contributed by atoms with Gasteiger partial charge in [-0.25, -0.2) is 0 Å². The third-order valence-corrected chi connectivity index (χ3v) is 2.46. The predicted octanol–water partition coefficient (Wildman–Crippen LogP) is 2.11. The Hall–Kier alpha value is -0.300. The summed E-state index contributed by atoms with van der Waals surface area (Å²) in [6, 6.07) is 0. The SMILES string of the molecule is C=C1CCCC(CC)C1O. The molecule has 58 valence electrons. The lowest BCUT2D eigenvalue weighted by molar-refractivity contribution is 0.113. The Bertz CT molecular complexity index is 129. The molecule has 1 nitrogen and oxygen atoms in total. The lowest BCUT2D eigenvalue weighted by atomic mass is 9.82. The predicted molar refractivity (Wildman–Crippen MR) is 42.8 cm³/mol. The minimum Gasteiger partial charge on any atom is -0.388 e. The van der Waals surface area contributed by atoms with E-state index in [0.29, 0.717) is 5.92 Å². The van der Waals surface area contributed by atoms with Crippen LogP contribution in [0.2, 0.25) is 0 Å². The minimum absolute atomic E-state index is 0.209. The van der Waals surface area contributed by atoms with E-state index in [-0.39, 0.29) is 6.10 Å². The van der Waals surface area contributed by atoms with E-state index < -0.39 is 0 Å². The van der Waals surface area contributed by atoms with Gasteiger partial charge in [-0.05, 0) is 30.8 Å². The summed E-state index contributed by atoms with van der Waals surface area (Å²) in [5.41, 5.74) is 1.04. The fourth-order valence-corrected chi connectivity index (χ4v) is 1.66. The molecule has 1 rings (SSSR count). The van der Waals surface area contributed by atoms with Crippen LogP contribution in [0.4, 0.5) is 0 Å². The average Bonchev–Trinajstić information content (AvgIpc) is 1.95. The summed E-state index contributed by atoms with van der Waals surface area (Å²) in [4.78, 5) is 0. The summed E-state index contributed by atoms with van der Waals surface area (Å²) in [5, 5.41) is 9.54. The van der Waals surface area contributed by atoms with Crippen LogP contribution in [-0.2, 0) is 0 Å². The molecule has 1 heteroatoms. The molecule has 1 aliphatic carbocycles. The Balaban J connectivity index is 2.51. The molecule has 0 bridgehead atoms. The van der Waals surface area contributed by atoms with Crippen molar-refractivity contribution in [2.24, 2.45) is 5.92 Å². The lowest BCUT2D eigenvalue weighted by Gasteiger charge is -2.28. The third-order valence-electron chi connectivity index (χ3n) is 2.46. The molecule has 0 radical (unpaired) electrons. The first-order valence-electron chi connectivity index (χ1n) is 4.11. The molecule has 1 fully saturated rings. The highest BCUT2D eigenvalue weighted by molar-refractivity contribution is 5.06. The zero-order chi connectivity index (χ0) is 7.56. The summed E-state index contributed by atoms with van der Waals surface area (Å²) in [5.74, 6) is 0.487. The molecule has 0 spiro atoms. The highest BCUT2D eigenvalue weighted by Crippen LogP contribution is 2.29. The second kappa shape index (κ2) is 3.20. The Labute approximate surface area is 62.8 Å². The molecule has 1 saturated carbocycles. The molecule has 0 amide bonds. The Morgan fingerprint density at radius 2 is 2.40 bits per heavy atom. The maximum Gasteiger partial charge on any atom is 0.0775 e. The fourth-order valence-electron chi connectivity index (χ4n) is 1.66. The molecule has 0 saturated heterocycles. The van der Waals surface area contributed by atoms with Gasteiger partial charge < -0.3 is 5.11 Å². The van der Waals surface area contributed by atoms with Gasteiger partial charge in [-0.15, -0.1) is 0 Å². The maximum absolute atomic E-state index is 9.54. The molecule has 1 aliphatic rings. The van der Waals surface area contributed by atoms with Gasteiger partial charge in [0.25, 0.3) is 0 Å². The second-order valence-corrected chi connectivity index (χ2v) is 3.16. The average molecular weight is 140 g/mol. The van der Waals surface area contributed by atoms with Gasteiger partial charge in [-0.3, -0.25) is 0 Å². The van der Waals surface area contributed by atoms with Crippen molar-refractivity contribution in [3.63, 3.8) is 0 Å². The molecular formula is C9H16O. The Morgan fingerprint density at radius 3 is 2.90 bits per heavy atom. The first kappa shape index (κ1) is 7.80. The Morgan fingerprint density at radius 1 is 1.70 bits per heavy atom. The van der Waals surface area contributed by atoms with Crippen molar-refractivity contribution in [3.05, 3.63) is 12.2 Å². The molecule has 1 N–H and O–H groups in total. The van der Waals surface area contributed by atoms with Gasteiger partial charge in [0, 0.05) is 0 Å². The molecule has 2 unspecified atom stereocenters. The van der Waals surface area contributed by atoms with E-state index in [1.807, 2.05) is 0 Å². The van der Waals surface area contributed by atoms with Gasteiger partial charge in [-0.2, -0.15) is 0 Å². The van der Waals surface area contributed by atoms with Crippen LogP contribution in [0.15, 0.2) is 12.2 Å². The van der Waals surface area contributed by atoms with Crippen LogP contribution in [-0.4, -0.2) is 11.2 Å². The number of hydrogen-bond donors (Lipinski definition) is 1. The number of rotatable bonds is 1. The van der Waals surface area contributed by atoms with Crippen LogP contribution in [0.5, 0.6) is 0 Å². The van der Waals surface area contributed by atoms with Crippen molar-refractivity contribution in [3.8, 4) is 0 Å². The molecule has 0 aromatic carbocycles. The summed E-state index contributed by atoms with van der Waals surface area (Å²) < 4.78 is 0. The molecule has 0 heterocycles. The first-order valence-corrected chi connectivity index (χ1v) is 4.11. The van der Waals surface area contributed by atoms with E-state index in [1.54, 1.807) is 0 Å². The van der Waals surface area contributed by atoms with Crippen molar-refractivity contribution >= 4 is 0 Å². The van der Waals surface area contributed by atoms with Gasteiger partial charge in [-0.1, -0.05) is 19.9 Å². The lowest BCUT2D eigenvalue weighted by Crippen LogP contribution is -2.25. The van der Waals surface area contributed by atoms with Gasteiger partial charge in [0.2, 0.25) is 0 Å². The molecular weight excluding hydrogens is 124 g/mol. The van der Waals surface area contributed by atoms with Gasteiger partial charge >= 0.3 is 0 Å². The van der Waals surface area contributed by atoms with Crippen molar-refractivity contribution in [1.29, 1.82) is 0 Å². The fraction of sp³-hybridized carbons (Fsp3) is 0.778. The van der Waals surface area contributed by atoms with E-state index >= 15 is 0 Å². The molecule has 0 aromatic rings. The molecule has 10 heavy (non-hydrogen) atoms. The zero-order valence-corrected chi connectivity index (χ0v) is 6.64. The molecule has 0 aliphatic heterocycles. The second-order valence-electron chi connectivity index (χ2n) is 3.16. The van der Waals surface area contributed by atoms with E-state index in [4.69, 9.17) is 0 Å². The van der Waals surface area contributed by atoms with E-state index in [2.05, 4.69) is 13.5 Å². The summed E-state index contributed by atoms with van der Waals surface area (Å²) in [6.07, 6.45) is 4.29. The van der Waals surface area contributed by atoms with Crippen molar-refractivity contribution < 1.29 is 5.11 Å². The monoisotopic (exact) mass is 140 g/mol. The van der Waals surface area contributed by atoms with Crippen LogP contribution in [0.1, 0.15) is 32.6 Å². The maximum atomic E-state index is 9.54. The standard InChI is InChI=1S/C9H16O/c1-3-8-6-4-5-7(2)9(8)10/h8-10H,2-6H2,1H3. The smallest absolute Gasteiger partial charge is 0.0775 e. The van der Waals surface area contributed by atoms with Crippen LogP contribution >= 0.6 is 0 Å². The summed E-state index contributed by atoms with van der Waals surface area (Å²) in [6.45, 7) is 5.97. The van der Waals surface area contributed by atoms with Gasteiger partial charge in [0.1, 0.15) is 0 Å². The Kier molecular flexibility index (Phi) is 2.50. The zero-order valence-electron chi connectivity index (χ0n) is 6.64. The van der Waals surface area contributed by atoms with Gasteiger partial charge in [0.05, 0.1) is 6.10 Å². The highest BCUT2D eigenvalue weighted by atomic mass is 16.3. The normalized spacial score (nSPS) is 34.4. The molecule has 2 atom stereocenters. The quantitative estimate of drug-likeness (QED) is 0.553. The van der Waals surface area contributed by atoms with E-state index in [9.17, 15) is 5.11 Å². The largest absolute Gasteiger partial charge is 0.388 e. The summed E-state index contributed by atoms with van der Waals surface area (Å²) in [7, 11) is 0. The number of hydrogen-bond acceptors (Lipinski definition) is 1. The van der Waals surface area contributed by atoms with Crippen LogP contribution in [0.3, 0.4) is 0 Å².